The van der Waals surface area contributed by atoms with Crippen molar-refractivity contribution in [1.29, 1.82) is 0 Å². The van der Waals surface area contributed by atoms with Gasteiger partial charge < -0.3 is 23.5 Å². The smallest absolute Gasteiger partial charge is 0.252 e. The van der Waals surface area contributed by atoms with Crippen LogP contribution in [0.4, 0.5) is 34.1 Å². The lowest BCUT2D eigenvalue weighted by Crippen LogP contribution is -2.61. The zero-order valence-electron chi connectivity index (χ0n) is 66.0. The average Bonchev–Trinajstić information content (AvgIpc) is 1.00. The molecule has 502 valence electrons. The van der Waals surface area contributed by atoms with Crippen LogP contribution in [0.5, 0.6) is 0 Å². The molecule has 22 rings (SSSR count). The van der Waals surface area contributed by atoms with Gasteiger partial charge in [0, 0.05) is 113 Å². The third-order valence-corrected chi connectivity index (χ3v) is 22.0. The van der Waals surface area contributed by atoms with Crippen LogP contribution in [0.15, 0.2) is 389 Å². The van der Waals surface area contributed by atoms with Gasteiger partial charge in [-0.15, -0.1) is 0 Å². The third-order valence-electron chi connectivity index (χ3n) is 22.0. The van der Waals surface area contributed by atoms with E-state index in [1.807, 2.05) is 110 Å². The number of pyridine rings is 2. The van der Waals surface area contributed by atoms with Gasteiger partial charge in [-0.25, -0.2) is 0 Å². The quantitative estimate of drug-likeness (QED) is 0.121. The molecule has 0 bridgehead atoms. The van der Waals surface area contributed by atoms with Crippen LogP contribution in [0.3, 0.4) is 0 Å². The van der Waals surface area contributed by atoms with Crippen molar-refractivity contribution in [2.45, 2.75) is 0 Å². The zero-order valence-corrected chi connectivity index (χ0v) is 58.0. The maximum absolute atomic E-state index is 10.2. The highest BCUT2D eigenvalue weighted by molar-refractivity contribution is 7.00. The molecule has 20 aromatic rings. The molecule has 0 saturated carbocycles. The minimum atomic E-state index is -0.565. The van der Waals surface area contributed by atoms with E-state index in [0.717, 1.165) is 161 Å². The minimum Gasteiger partial charge on any atom is -0.310 e. The van der Waals surface area contributed by atoms with Crippen LogP contribution in [-0.2, 0) is 0 Å². The van der Waals surface area contributed by atoms with Gasteiger partial charge in [0.2, 0.25) is 0 Å². The van der Waals surface area contributed by atoms with Crippen LogP contribution in [0.25, 0.3) is 149 Å². The summed E-state index contributed by atoms with van der Waals surface area (Å²) >= 11 is 0. The van der Waals surface area contributed by atoms with Gasteiger partial charge in [-0.3, -0.25) is 9.97 Å². The summed E-state index contributed by atoms with van der Waals surface area (Å²) in [5, 5.41) is 4.33. The Morgan fingerprint density at radius 1 is 0.241 bits per heavy atom. The van der Waals surface area contributed by atoms with Gasteiger partial charge in [0.15, 0.2) is 0 Å². The molecule has 0 N–H and O–H groups in total. The Kier molecular flexibility index (Phi) is 12.2. The fraction of sp³-hybridized carbons (Fsp3) is 0. The number of hydrogen-bond donors (Lipinski definition) is 0. The molecule has 5 aromatic heterocycles. The molecule has 7 nitrogen and oxygen atoms in total. The molecule has 0 unspecified atom stereocenters. The van der Waals surface area contributed by atoms with Crippen LogP contribution in [0, 0.1) is 0 Å². The van der Waals surface area contributed by atoms with Gasteiger partial charge >= 0.3 is 0 Å². The summed E-state index contributed by atoms with van der Waals surface area (Å²) in [5.74, 6) is 0. The van der Waals surface area contributed by atoms with Crippen LogP contribution < -0.4 is 26.2 Å². The normalized spacial score (nSPS) is 13.4. The van der Waals surface area contributed by atoms with Crippen molar-refractivity contribution >= 4 is 123 Å². The minimum absolute atomic E-state index is 0.0115. The molecule has 15 aromatic carbocycles. The maximum atomic E-state index is 10.2. The molecule has 2 aliphatic heterocycles. The summed E-state index contributed by atoms with van der Waals surface area (Å²) in [7, 11) is 0. The van der Waals surface area contributed by atoms with Crippen molar-refractivity contribution in [2.24, 2.45) is 0 Å². The van der Waals surface area contributed by atoms with E-state index in [1.165, 1.54) is 0 Å². The third kappa shape index (κ3) is 9.50. The highest BCUT2D eigenvalue weighted by Gasteiger charge is 2.46. The van der Waals surface area contributed by atoms with E-state index in [-0.39, 0.29) is 21.8 Å². The van der Waals surface area contributed by atoms with E-state index in [9.17, 15) is 11.0 Å². The first-order valence-electron chi connectivity index (χ1n) is 40.4. The van der Waals surface area contributed by atoms with Gasteiger partial charge in [0.05, 0.1) is 61.1 Å². The van der Waals surface area contributed by atoms with Gasteiger partial charge in [-0.1, -0.05) is 267 Å². The summed E-state index contributed by atoms with van der Waals surface area (Å²) in [6.45, 7) is -0.565. The van der Waals surface area contributed by atoms with Gasteiger partial charge in [-0.2, -0.15) is 0 Å². The Morgan fingerprint density at radius 2 is 0.565 bits per heavy atom. The van der Waals surface area contributed by atoms with Crippen LogP contribution in [0.2, 0.25) is 0 Å². The second kappa shape index (κ2) is 24.7. The van der Waals surface area contributed by atoms with E-state index in [1.54, 1.807) is 4.57 Å². The molecule has 0 radical (unpaired) electrons. The fourth-order valence-electron chi connectivity index (χ4n) is 17.3. The number of nitrogens with zero attached hydrogens (tertiary/aromatic N) is 7. The summed E-state index contributed by atoms with van der Waals surface area (Å²) in [6, 6.07) is 107. The Balaban J connectivity index is 0.919. The summed E-state index contributed by atoms with van der Waals surface area (Å²) in [6.07, 6.45) is 7.76. The average molecular weight is 1380 g/mol. The molecule has 0 aliphatic carbocycles. The number of hydrogen-bond acceptors (Lipinski definition) is 4. The Morgan fingerprint density at radius 3 is 0.963 bits per heavy atom. The lowest BCUT2D eigenvalue weighted by atomic mass is 9.33. The number of anilines is 6. The Bertz CT molecular complexity index is 6950. The molecule has 0 fully saturated rings. The predicted molar refractivity (Wildman–Crippen MR) is 452 cm³/mol. The molecule has 0 atom stereocenters. The van der Waals surface area contributed by atoms with E-state index >= 15 is 0 Å². The van der Waals surface area contributed by atoms with Crippen LogP contribution in [0.1, 0.15) is 11.0 Å². The topological polar surface area (TPSA) is 47.1 Å². The van der Waals surface area contributed by atoms with Gasteiger partial charge in [0.1, 0.15) is 0 Å². The van der Waals surface area contributed by atoms with Crippen molar-refractivity contribution in [1.82, 2.24) is 23.7 Å². The van der Waals surface area contributed by atoms with Crippen LogP contribution >= 0.6 is 0 Å². The predicted octanol–water partition coefficient (Wildman–Crippen LogP) is 23.9. The van der Waals surface area contributed by atoms with E-state index < -0.39 is 55.1 Å². The molecule has 108 heavy (non-hydrogen) atoms. The molecule has 0 spiro atoms. The fourth-order valence-corrected chi connectivity index (χ4v) is 17.3. The monoisotopic (exact) mass is 1380 g/mol. The second-order valence-electron chi connectivity index (χ2n) is 27.8. The molecular formula is C100H64BN7. The number of benzene rings is 15. The lowest BCUT2D eigenvalue weighted by Gasteiger charge is -2.46. The summed E-state index contributed by atoms with van der Waals surface area (Å²) in [5.41, 5.74) is 24.9. The Hall–Kier alpha value is -14.3. The Labute approximate surface area is 636 Å². The molecule has 0 saturated heterocycles. The molecule has 2 aliphatic rings. The molecular weight excluding hydrogens is 1310 g/mol. The summed E-state index contributed by atoms with van der Waals surface area (Å²) < 4.78 is 84.1. The van der Waals surface area contributed by atoms with Crippen molar-refractivity contribution in [3.8, 4) is 83.8 Å². The zero-order chi connectivity index (χ0) is 77.9. The first kappa shape index (κ1) is 53.5. The molecule has 0 amide bonds. The largest absolute Gasteiger partial charge is 0.310 e. The lowest BCUT2D eigenvalue weighted by molar-refractivity contribution is 1.16. The van der Waals surface area contributed by atoms with E-state index in [2.05, 4.69) is 249 Å². The first-order chi connectivity index (χ1) is 56.9. The van der Waals surface area contributed by atoms with Gasteiger partial charge in [-0.05, 0) is 158 Å². The first-order valence-corrected chi connectivity index (χ1v) is 36.4. The summed E-state index contributed by atoms with van der Waals surface area (Å²) in [4.78, 5) is 15.1. The number of rotatable bonds is 11. The second-order valence-corrected chi connectivity index (χ2v) is 27.8. The number of aromatic nitrogens is 5. The number of fused-ring (bicyclic) bond motifs is 13. The molecule has 8 heteroatoms. The van der Waals surface area contributed by atoms with Crippen molar-refractivity contribution in [3.05, 3.63) is 389 Å². The SMILES string of the molecule is [2H]c1c([2H])c([2H])c2c(c1[2H])c1c([2H])c([2H])c([2H])c([2H])c1n2-c1cc2c3c(c1)N(c1c(-c4ccccc4)cncc1-c1ccccc1)c1cc(-c4ccc5c(c4)c4ccccc4n5-c4ccccc4)ccc1B3c1ccc(-c3ccc4c(c3)c3ccccc3n4-c3ccccc3)cc1N2c1c(-c2ccccc2)cncc1-c1ccccc1. The highest BCUT2D eigenvalue weighted by Crippen LogP contribution is 2.54. The van der Waals surface area contributed by atoms with Crippen molar-refractivity contribution < 1.29 is 11.0 Å². The maximum Gasteiger partial charge on any atom is 0.252 e. The number of para-hydroxylation sites is 6. The molecule has 7 heterocycles. The van der Waals surface area contributed by atoms with Crippen LogP contribution in [-0.4, -0.2) is 30.4 Å². The van der Waals surface area contributed by atoms with E-state index in [4.69, 9.17) is 9.97 Å². The van der Waals surface area contributed by atoms with Crippen molar-refractivity contribution in [2.75, 3.05) is 9.80 Å². The standard InChI is InChI=1S/C100H64BN7/c1-7-27-65(28-8-1)82-61-102-62-83(66-29-9-2-10-30-66)99(82)107-94-57-71(69-49-53-92-80(55-69)78-41-21-25-45-90(78)104(92)73-35-15-5-16-36-73)47-51-86(94)101-87-52-48-72(70-50-54-93-81(56-70)79-42-22-26-46-91(79)105(93)74-37-17-6-18-38-74)58-95(87)108(100-84(67-31-11-3-12-32-67)63-103-64-85(100)68-33-13-4-14-34-68)97-60-75(59-96(107)98(97)101)106-88-43-23-19-39-76(88)77-40-20-24-44-89(77)106/h1-64H/i19D,20D,23D,24D,39D,40D,43D,44D. The highest BCUT2D eigenvalue weighted by atomic mass is 15.2. The van der Waals surface area contributed by atoms with Gasteiger partial charge in [0.25, 0.3) is 6.71 Å². The van der Waals surface area contributed by atoms with E-state index in [0.29, 0.717) is 17.1 Å². The van der Waals surface area contributed by atoms with Crippen molar-refractivity contribution in [3.63, 3.8) is 0 Å².